The number of carbonyl (C=O) groups excluding carboxylic acids is 2. The van der Waals surface area contributed by atoms with Gasteiger partial charge >= 0.3 is 18.0 Å². The molecule has 130 valence electrons. The second-order valence-corrected chi connectivity index (χ2v) is 5.18. The minimum absolute atomic E-state index is 0.0791. The van der Waals surface area contributed by atoms with Crippen molar-refractivity contribution in [2.24, 2.45) is 0 Å². The van der Waals surface area contributed by atoms with Gasteiger partial charge in [-0.25, -0.2) is 14.4 Å². The molecule has 0 saturated heterocycles. The van der Waals surface area contributed by atoms with Gasteiger partial charge in [-0.05, 0) is 36.8 Å². The number of benzene rings is 2. The van der Waals surface area contributed by atoms with Crippen molar-refractivity contribution in [3.63, 3.8) is 0 Å². The predicted octanol–water partition coefficient (Wildman–Crippen LogP) is 2.61. The monoisotopic (exact) mass is 343 g/mol. The normalized spacial score (nSPS) is 11.2. The Morgan fingerprint density at radius 2 is 1.68 bits per heavy atom. The molecule has 0 aliphatic heterocycles. The highest BCUT2D eigenvalue weighted by molar-refractivity contribution is 5.88. The Labute approximate surface area is 144 Å². The maximum Gasteiger partial charge on any atom is 0.408 e. The average Bonchev–Trinajstić information content (AvgIpc) is 2.61. The van der Waals surface area contributed by atoms with Gasteiger partial charge in [0.2, 0.25) is 0 Å². The second-order valence-electron chi connectivity index (χ2n) is 5.18. The van der Waals surface area contributed by atoms with Crippen LogP contribution in [0.5, 0.6) is 5.75 Å². The molecule has 0 aliphatic rings. The summed E-state index contributed by atoms with van der Waals surface area (Å²) in [5.41, 5.74) is 0.905. The zero-order valence-electron chi connectivity index (χ0n) is 13.5. The van der Waals surface area contributed by atoms with Crippen LogP contribution in [0.2, 0.25) is 0 Å². The maximum atomic E-state index is 11.9. The number of rotatable bonds is 6. The van der Waals surface area contributed by atoms with Crippen molar-refractivity contribution in [2.75, 3.05) is 0 Å². The van der Waals surface area contributed by atoms with Crippen molar-refractivity contribution in [3.05, 3.63) is 65.7 Å². The van der Waals surface area contributed by atoms with Gasteiger partial charge in [-0.15, -0.1) is 0 Å². The van der Waals surface area contributed by atoms with Gasteiger partial charge in [0.15, 0.2) is 0 Å². The van der Waals surface area contributed by atoms with E-state index in [-0.39, 0.29) is 17.9 Å². The fourth-order valence-corrected chi connectivity index (χ4v) is 1.87. The molecule has 0 heterocycles. The molecule has 0 saturated carbocycles. The van der Waals surface area contributed by atoms with E-state index in [1.54, 1.807) is 0 Å². The Bertz CT molecular complexity index is 742. The van der Waals surface area contributed by atoms with E-state index in [1.807, 2.05) is 30.3 Å². The van der Waals surface area contributed by atoms with Crippen molar-refractivity contribution in [2.45, 2.75) is 19.6 Å². The Hall–Kier alpha value is -3.35. The first-order valence-corrected chi connectivity index (χ1v) is 7.48. The van der Waals surface area contributed by atoms with E-state index >= 15 is 0 Å². The molecule has 0 radical (unpaired) electrons. The van der Waals surface area contributed by atoms with E-state index in [2.05, 4.69) is 5.32 Å². The predicted molar refractivity (Wildman–Crippen MR) is 88.3 cm³/mol. The lowest BCUT2D eigenvalue weighted by Gasteiger charge is -2.13. The lowest BCUT2D eigenvalue weighted by molar-refractivity contribution is -0.136. The summed E-state index contributed by atoms with van der Waals surface area (Å²) in [6.45, 7) is 1.54. The number of nitrogens with one attached hydrogen (secondary N) is 1. The van der Waals surface area contributed by atoms with E-state index in [1.165, 1.54) is 31.2 Å². The summed E-state index contributed by atoms with van der Waals surface area (Å²) < 4.78 is 10.1. The molecule has 2 rings (SSSR count). The smallest absolute Gasteiger partial charge is 0.408 e. The van der Waals surface area contributed by atoms with Gasteiger partial charge in [0.25, 0.3) is 0 Å². The first-order chi connectivity index (χ1) is 12.0. The van der Waals surface area contributed by atoms with Gasteiger partial charge in [0.1, 0.15) is 18.4 Å². The molecule has 0 unspecified atom stereocenters. The van der Waals surface area contributed by atoms with Crippen molar-refractivity contribution in [3.8, 4) is 5.75 Å². The Morgan fingerprint density at radius 1 is 1.04 bits per heavy atom. The number of ether oxygens (including phenoxy) is 2. The van der Waals surface area contributed by atoms with Crippen LogP contribution in [0.1, 0.15) is 22.8 Å². The van der Waals surface area contributed by atoms with E-state index < -0.39 is 24.1 Å². The fourth-order valence-electron chi connectivity index (χ4n) is 1.87. The minimum atomic E-state index is -1.07. The number of hydrogen-bond acceptors (Lipinski definition) is 5. The quantitative estimate of drug-likeness (QED) is 0.617. The standard InChI is InChI=1S/C18H17NO6/c1-12(19-18(23)24-11-13-5-3-2-4-6-13)17(22)25-15-9-7-14(8-10-15)16(20)21/h2-10,12H,11H2,1H3,(H,19,23)(H,20,21)/t12-/m0/s1. The lowest BCUT2D eigenvalue weighted by atomic mass is 10.2. The summed E-state index contributed by atoms with van der Waals surface area (Å²) in [5, 5.41) is 11.2. The lowest BCUT2D eigenvalue weighted by Crippen LogP contribution is -2.41. The topological polar surface area (TPSA) is 102 Å². The third-order valence-corrected chi connectivity index (χ3v) is 3.22. The van der Waals surface area contributed by atoms with Gasteiger partial charge in [-0.1, -0.05) is 30.3 Å². The van der Waals surface area contributed by atoms with Gasteiger partial charge < -0.3 is 19.9 Å². The van der Waals surface area contributed by atoms with E-state index in [0.29, 0.717) is 0 Å². The second kappa shape index (κ2) is 8.49. The molecule has 2 aromatic carbocycles. The van der Waals surface area contributed by atoms with Gasteiger partial charge in [-0.3, -0.25) is 0 Å². The van der Waals surface area contributed by atoms with Crippen LogP contribution in [-0.2, 0) is 16.1 Å². The largest absolute Gasteiger partial charge is 0.478 e. The summed E-state index contributed by atoms with van der Waals surface area (Å²) in [7, 11) is 0. The number of amides is 1. The first-order valence-electron chi connectivity index (χ1n) is 7.48. The van der Waals surface area contributed by atoms with Crippen molar-refractivity contribution in [1.82, 2.24) is 5.32 Å². The highest BCUT2D eigenvalue weighted by Gasteiger charge is 2.18. The van der Waals surface area contributed by atoms with Gasteiger partial charge in [-0.2, -0.15) is 0 Å². The molecule has 25 heavy (non-hydrogen) atoms. The zero-order valence-corrected chi connectivity index (χ0v) is 13.5. The Kier molecular flexibility index (Phi) is 6.11. The fraction of sp³-hybridized carbons (Fsp3) is 0.167. The van der Waals surface area contributed by atoms with Gasteiger partial charge in [0, 0.05) is 0 Å². The molecule has 2 aromatic rings. The molecule has 0 spiro atoms. The third-order valence-electron chi connectivity index (χ3n) is 3.22. The van der Waals surface area contributed by atoms with Crippen molar-refractivity contribution < 1.29 is 29.0 Å². The van der Waals surface area contributed by atoms with Crippen LogP contribution in [0, 0.1) is 0 Å². The van der Waals surface area contributed by atoms with Crippen LogP contribution < -0.4 is 10.1 Å². The summed E-state index contributed by atoms with van der Waals surface area (Å²) >= 11 is 0. The maximum absolute atomic E-state index is 11.9. The molecule has 0 aromatic heterocycles. The Morgan fingerprint density at radius 3 is 2.28 bits per heavy atom. The number of carboxylic acid groups (broad SMARTS) is 1. The van der Waals surface area contributed by atoms with Gasteiger partial charge in [0.05, 0.1) is 5.56 Å². The highest BCUT2D eigenvalue weighted by Crippen LogP contribution is 2.13. The van der Waals surface area contributed by atoms with Crippen LogP contribution >= 0.6 is 0 Å². The van der Waals surface area contributed by atoms with Crippen LogP contribution in [0.3, 0.4) is 0 Å². The molecule has 2 N–H and O–H groups in total. The molecule has 1 atom stereocenters. The van der Waals surface area contributed by atoms with Crippen LogP contribution in [0.4, 0.5) is 4.79 Å². The van der Waals surface area contributed by atoms with E-state index in [0.717, 1.165) is 5.56 Å². The molecule has 0 bridgehead atoms. The molecule has 0 aliphatic carbocycles. The Balaban J connectivity index is 1.81. The van der Waals surface area contributed by atoms with Crippen LogP contribution in [-0.4, -0.2) is 29.2 Å². The highest BCUT2D eigenvalue weighted by atomic mass is 16.6. The summed E-state index contributed by atoms with van der Waals surface area (Å²) in [4.78, 5) is 34.4. The zero-order chi connectivity index (χ0) is 18.2. The number of carboxylic acids is 1. The SMILES string of the molecule is C[C@H](NC(=O)OCc1ccccc1)C(=O)Oc1ccc(C(=O)O)cc1. The molecular weight excluding hydrogens is 326 g/mol. The van der Waals surface area contributed by atoms with E-state index in [4.69, 9.17) is 14.6 Å². The molecular formula is C18H17NO6. The summed E-state index contributed by atoms with van der Waals surface area (Å²) in [6, 6.07) is 13.6. The third kappa shape index (κ3) is 5.65. The summed E-state index contributed by atoms with van der Waals surface area (Å²) in [5.74, 6) is -1.59. The van der Waals surface area contributed by atoms with Crippen molar-refractivity contribution >= 4 is 18.0 Å². The molecule has 0 fully saturated rings. The molecule has 1 amide bonds. The summed E-state index contributed by atoms with van der Waals surface area (Å²) in [6.07, 6.45) is -0.741. The van der Waals surface area contributed by atoms with Crippen LogP contribution in [0.15, 0.2) is 54.6 Å². The number of aromatic carboxylic acids is 1. The number of carbonyl (C=O) groups is 3. The van der Waals surface area contributed by atoms with Crippen molar-refractivity contribution in [1.29, 1.82) is 0 Å². The number of alkyl carbamates (subject to hydrolysis) is 1. The minimum Gasteiger partial charge on any atom is -0.478 e. The molecule has 7 heteroatoms. The average molecular weight is 343 g/mol. The number of esters is 1. The first kappa shape index (κ1) is 18.0. The van der Waals surface area contributed by atoms with Crippen LogP contribution in [0.25, 0.3) is 0 Å². The number of hydrogen-bond donors (Lipinski definition) is 2. The molecule has 7 nitrogen and oxygen atoms in total. The van der Waals surface area contributed by atoms with E-state index in [9.17, 15) is 14.4 Å².